The molecule has 0 saturated heterocycles. The van der Waals surface area contributed by atoms with Crippen molar-refractivity contribution < 1.29 is 14.9 Å². The van der Waals surface area contributed by atoms with Crippen molar-refractivity contribution in [1.82, 2.24) is 9.13 Å². The number of pyridine rings is 2. The van der Waals surface area contributed by atoms with Crippen LogP contribution < -0.4 is 15.9 Å². The normalized spacial score (nSPS) is 12.0. The molecule has 3 rings (SSSR count). The topological polar surface area (TPSA) is 93.7 Å². The van der Waals surface area contributed by atoms with Gasteiger partial charge in [0.2, 0.25) is 0 Å². The number of aryl methyl sites for hydroxylation is 1. The van der Waals surface area contributed by atoms with Gasteiger partial charge in [-0.15, -0.1) is 0 Å². The summed E-state index contributed by atoms with van der Waals surface area (Å²) < 4.78 is 8.06. The Morgan fingerprint density at radius 1 is 0.897 bits per heavy atom. The molecule has 7 nitrogen and oxygen atoms in total. The molecule has 0 aliphatic heterocycles. The fourth-order valence-electron chi connectivity index (χ4n) is 3.55. The third kappa shape index (κ3) is 3.40. The second-order valence-corrected chi connectivity index (χ2v) is 7.08. The van der Waals surface area contributed by atoms with Crippen molar-refractivity contribution in [2.24, 2.45) is 14.1 Å². The Bertz CT molecular complexity index is 1190. The van der Waals surface area contributed by atoms with Gasteiger partial charge in [-0.1, -0.05) is 12.1 Å². The monoisotopic (exact) mass is 396 g/mol. The molecule has 29 heavy (non-hydrogen) atoms. The lowest BCUT2D eigenvalue weighted by atomic mass is 9.83. The summed E-state index contributed by atoms with van der Waals surface area (Å²) in [7, 11) is 4.77. The molecular weight excluding hydrogens is 372 g/mol. The molecule has 0 saturated carbocycles. The van der Waals surface area contributed by atoms with Crippen molar-refractivity contribution in [1.29, 1.82) is 0 Å². The summed E-state index contributed by atoms with van der Waals surface area (Å²) in [6, 6.07) is 9.66. The molecule has 0 bridgehead atoms. The van der Waals surface area contributed by atoms with Gasteiger partial charge in [0.1, 0.15) is 17.2 Å². The Morgan fingerprint density at radius 3 is 2.07 bits per heavy atom. The predicted molar refractivity (Wildman–Crippen MR) is 110 cm³/mol. The van der Waals surface area contributed by atoms with Crippen LogP contribution in [0.1, 0.15) is 34.0 Å². The summed E-state index contributed by atoms with van der Waals surface area (Å²) in [5.74, 6) is -0.547. The van der Waals surface area contributed by atoms with Crippen LogP contribution in [0, 0.1) is 13.8 Å². The maximum absolute atomic E-state index is 13.1. The summed E-state index contributed by atoms with van der Waals surface area (Å²) in [5.41, 5.74) is 1.53. The van der Waals surface area contributed by atoms with E-state index >= 15 is 0 Å². The Balaban J connectivity index is 2.42. The fourth-order valence-corrected chi connectivity index (χ4v) is 3.55. The third-order valence-corrected chi connectivity index (χ3v) is 5.47. The Labute approximate surface area is 168 Å². The summed E-state index contributed by atoms with van der Waals surface area (Å²) in [4.78, 5) is 25.2. The number of methoxy groups -OCH3 is 1. The lowest BCUT2D eigenvalue weighted by Crippen LogP contribution is -2.28. The van der Waals surface area contributed by atoms with Gasteiger partial charge in [0.05, 0.1) is 12.7 Å². The zero-order chi connectivity index (χ0) is 21.5. The van der Waals surface area contributed by atoms with E-state index in [1.54, 1.807) is 59.3 Å². The molecule has 0 spiro atoms. The highest BCUT2D eigenvalue weighted by molar-refractivity contribution is 5.54. The first kappa shape index (κ1) is 20.3. The van der Waals surface area contributed by atoms with Gasteiger partial charge in [0.15, 0.2) is 0 Å². The summed E-state index contributed by atoms with van der Waals surface area (Å²) in [5, 5.41) is 21.4. The van der Waals surface area contributed by atoms with Gasteiger partial charge >= 0.3 is 0 Å². The van der Waals surface area contributed by atoms with Gasteiger partial charge in [0.25, 0.3) is 11.1 Å². The molecule has 0 aliphatic rings. The molecule has 1 aromatic carbocycles. The van der Waals surface area contributed by atoms with Crippen LogP contribution in [0.15, 0.2) is 46.0 Å². The van der Waals surface area contributed by atoms with E-state index in [4.69, 9.17) is 4.74 Å². The minimum absolute atomic E-state index is 0.125. The maximum atomic E-state index is 13.1. The van der Waals surface area contributed by atoms with Gasteiger partial charge < -0.3 is 24.1 Å². The molecular formula is C22H24N2O5. The molecule has 0 aliphatic carbocycles. The molecule has 0 radical (unpaired) electrons. The van der Waals surface area contributed by atoms with Crippen LogP contribution in [-0.4, -0.2) is 26.5 Å². The van der Waals surface area contributed by atoms with Crippen molar-refractivity contribution in [2.75, 3.05) is 7.11 Å². The molecule has 2 aromatic heterocycles. The second-order valence-electron chi connectivity index (χ2n) is 7.08. The van der Waals surface area contributed by atoms with E-state index in [1.165, 1.54) is 15.2 Å². The summed E-state index contributed by atoms with van der Waals surface area (Å²) in [6.45, 7) is 3.42. The van der Waals surface area contributed by atoms with Gasteiger partial charge in [-0.05, 0) is 37.6 Å². The first-order chi connectivity index (χ1) is 13.7. The average Bonchev–Trinajstić information content (AvgIpc) is 2.69. The van der Waals surface area contributed by atoms with Crippen molar-refractivity contribution in [2.45, 2.75) is 19.8 Å². The molecule has 1 atom stereocenters. The molecule has 152 valence electrons. The highest BCUT2D eigenvalue weighted by Crippen LogP contribution is 2.40. The molecule has 1 unspecified atom stereocenters. The minimum Gasteiger partial charge on any atom is -0.507 e. The number of aromatic hydroxyl groups is 2. The lowest BCUT2D eigenvalue weighted by Gasteiger charge is -2.24. The van der Waals surface area contributed by atoms with Crippen LogP contribution in [0.2, 0.25) is 0 Å². The number of hydrogen-bond donors (Lipinski definition) is 2. The molecule has 7 heteroatoms. The number of benzene rings is 1. The molecule has 2 N–H and O–H groups in total. The van der Waals surface area contributed by atoms with Crippen molar-refractivity contribution in [3.8, 4) is 17.2 Å². The highest BCUT2D eigenvalue weighted by Gasteiger charge is 2.29. The van der Waals surface area contributed by atoms with Gasteiger partial charge in [-0.2, -0.15) is 0 Å². The number of hydrogen-bond acceptors (Lipinski definition) is 5. The van der Waals surface area contributed by atoms with Crippen LogP contribution in [0.3, 0.4) is 0 Å². The SMILES string of the molecule is COc1ccc(C(c2c(O)cc(=O)n(C)c2C)c2c(O)cc(C)n(C)c2=O)cc1. The van der Waals surface area contributed by atoms with Crippen LogP contribution >= 0.6 is 0 Å². The number of aromatic nitrogens is 2. The van der Waals surface area contributed by atoms with E-state index in [0.717, 1.165) is 6.07 Å². The van der Waals surface area contributed by atoms with E-state index < -0.39 is 5.92 Å². The van der Waals surface area contributed by atoms with E-state index in [-0.39, 0.29) is 28.2 Å². The lowest BCUT2D eigenvalue weighted by molar-refractivity contribution is 0.414. The van der Waals surface area contributed by atoms with Crippen molar-refractivity contribution in [3.63, 3.8) is 0 Å². The molecule has 3 aromatic rings. The largest absolute Gasteiger partial charge is 0.507 e. The maximum Gasteiger partial charge on any atom is 0.258 e. The highest BCUT2D eigenvalue weighted by atomic mass is 16.5. The van der Waals surface area contributed by atoms with Crippen molar-refractivity contribution in [3.05, 3.63) is 85.2 Å². The smallest absolute Gasteiger partial charge is 0.258 e. The summed E-state index contributed by atoms with van der Waals surface area (Å²) in [6.07, 6.45) is 0. The van der Waals surface area contributed by atoms with Crippen LogP contribution in [0.5, 0.6) is 17.2 Å². The van der Waals surface area contributed by atoms with Crippen molar-refractivity contribution >= 4 is 0 Å². The third-order valence-electron chi connectivity index (χ3n) is 5.47. The number of ether oxygens (including phenoxy) is 1. The van der Waals surface area contributed by atoms with E-state index in [0.29, 0.717) is 28.3 Å². The Hall–Kier alpha value is -3.48. The zero-order valence-electron chi connectivity index (χ0n) is 17.1. The fraction of sp³-hybridized carbons (Fsp3) is 0.273. The van der Waals surface area contributed by atoms with Crippen LogP contribution in [-0.2, 0) is 14.1 Å². The van der Waals surface area contributed by atoms with Gasteiger partial charge in [-0.25, -0.2) is 0 Å². The number of rotatable bonds is 4. The standard InChI is InChI=1S/C22H24N2O5/c1-12-10-16(25)21(22(28)23(12)3)20(14-6-8-15(29-5)9-7-14)19-13(2)24(4)18(27)11-17(19)26/h6-11,20,25-26H,1-5H3. The van der Waals surface area contributed by atoms with Gasteiger partial charge in [0, 0.05) is 43.0 Å². The second kappa shape index (κ2) is 7.50. The zero-order valence-corrected chi connectivity index (χ0v) is 17.1. The summed E-state index contributed by atoms with van der Waals surface area (Å²) >= 11 is 0. The molecule has 0 amide bonds. The van der Waals surface area contributed by atoms with Crippen LogP contribution in [0.4, 0.5) is 0 Å². The van der Waals surface area contributed by atoms with E-state index in [2.05, 4.69) is 0 Å². The van der Waals surface area contributed by atoms with E-state index in [9.17, 15) is 19.8 Å². The average molecular weight is 396 g/mol. The minimum atomic E-state index is -0.785. The first-order valence-corrected chi connectivity index (χ1v) is 9.10. The predicted octanol–water partition coefficient (Wildman–Crippen LogP) is 2.30. The molecule has 2 heterocycles. The van der Waals surface area contributed by atoms with E-state index in [1.807, 2.05) is 0 Å². The van der Waals surface area contributed by atoms with Crippen LogP contribution in [0.25, 0.3) is 0 Å². The number of nitrogens with zero attached hydrogens (tertiary/aromatic N) is 2. The first-order valence-electron chi connectivity index (χ1n) is 9.10. The Morgan fingerprint density at radius 2 is 1.48 bits per heavy atom. The quantitative estimate of drug-likeness (QED) is 0.706. The molecule has 0 fully saturated rings. The van der Waals surface area contributed by atoms with Gasteiger partial charge in [-0.3, -0.25) is 9.59 Å². The Kier molecular flexibility index (Phi) is 5.24.